The van der Waals surface area contributed by atoms with E-state index in [1.54, 1.807) is 0 Å². The summed E-state index contributed by atoms with van der Waals surface area (Å²) >= 11 is 0. The van der Waals surface area contributed by atoms with E-state index in [0.29, 0.717) is 5.76 Å². The van der Waals surface area contributed by atoms with Gasteiger partial charge in [0.2, 0.25) is 0 Å². The summed E-state index contributed by atoms with van der Waals surface area (Å²) in [6.45, 7) is 2.11. The minimum atomic E-state index is -0.0548. The molecule has 0 amide bonds. The standard InChI is InChI=1S/C9H15NO2/c1-2-3-4-5-8-6-9(7-11)12-10-8/h6,11H,2-5,7H2,1H3. The van der Waals surface area contributed by atoms with Crippen molar-refractivity contribution in [3.05, 3.63) is 17.5 Å². The highest BCUT2D eigenvalue weighted by Gasteiger charge is 2.01. The van der Waals surface area contributed by atoms with Crippen LogP contribution in [0, 0.1) is 0 Å². The van der Waals surface area contributed by atoms with Crippen LogP contribution in [0.25, 0.3) is 0 Å². The smallest absolute Gasteiger partial charge is 0.162 e. The maximum atomic E-state index is 8.69. The predicted molar refractivity (Wildman–Crippen MR) is 45.7 cm³/mol. The predicted octanol–water partition coefficient (Wildman–Crippen LogP) is 1.90. The number of hydrogen-bond acceptors (Lipinski definition) is 3. The molecule has 1 aromatic heterocycles. The molecule has 0 saturated carbocycles. The summed E-state index contributed by atoms with van der Waals surface area (Å²) < 4.78 is 4.84. The molecule has 1 N–H and O–H groups in total. The molecule has 0 aromatic carbocycles. The number of hydrogen-bond donors (Lipinski definition) is 1. The minimum Gasteiger partial charge on any atom is -0.388 e. The molecule has 0 aliphatic heterocycles. The van der Waals surface area contributed by atoms with Crippen molar-refractivity contribution < 1.29 is 9.63 Å². The quantitative estimate of drug-likeness (QED) is 0.685. The maximum absolute atomic E-state index is 8.69. The number of aliphatic hydroxyl groups is 1. The van der Waals surface area contributed by atoms with Crippen LogP contribution >= 0.6 is 0 Å². The average molecular weight is 169 g/mol. The molecule has 0 atom stereocenters. The lowest BCUT2D eigenvalue weighted by Gasteiger charge is -1.91. The summed E-state index contributed by atoms with van der Waals surface area (Å²) in [5.74, 6) is 0.557. The van der Waals surface area contributed by atoms with E-state index < -0.39 is 0 Å². The summed E-state index contributed by atoms with van der Waals surface area (Å²) in [5, 5.41) is 12.5. The largest absolute Gasteiger partial charge is 0.388 e. The number of nitrogens with zero attached hydrogens (tertiary/aromatic N) is 1. The second kappa shape index (κ2) is 4.93. The van der Waals surface area contributed by atoms with Gasteiger partial charge in [-0.25, -0.2) is 0 Å². The van der Waals surface area contributed by atoms with Crippen molar-refractivity contribution >= 4 is 0 Å². The normalized spacial score (nSPS) is 10.5. The van der Waals surface area contributed by atoms with Gasteiger partial charge in [0.25, 0.3) is 0 Å². The van der Waals surface area contributed by atoms with Gasteiger partial charge >= 0.3 is 0 Å². The van der Waals surface area contributed by atoms with E-state index in [-0.39, 0.29) is 6.61 Å². The Bertz CT molecular complexity index is 220. The van der Waals surface area contributed by atoms with Gasteiger partial charge in [-0.1, -0.05) is 24.9 Å². The molecule has 0 radical (unpaired) electrons. The second-order valence-corrected chi connectivity index (χ2v) is 2.90. The lowest BCUT2D eigenvalue weighted by Crippen LogP contribution is -1.84. The molecular formula is C9H15NO2. The summed E-state index contributed by atoms with van der Waals surface area (Å²) in [4.78, 5) is 0. The van der Waals surface area contributed by atoms with Crippen LogP contribution in [0.5, 0.6) is 0 Å². The van der Waals surface area contributed by atoms with E-state index in [1.165, 1.54) is 12.8 Å². The molecule has 0 saturated heterocycles. The molecule has 0 aliphatic rings. The highest BCUT2D eigenvalue weighted by Crippen LogP contribution is 2.07. The molecule has 0 bridgehead atoms. The monoisotopic (exact) mass is 169 g/mol. The van der Waals surface area contributed by atoms with Crippen molar-refractivity contribution in [2.24, 2.45) is 0 Å². The van der Waals surface area contributed by atoms with Crippen LogP contribution < -0.4 is 0 Å². The zero-order valence-corrected chi connectivity index (χ0v) is 7.42. The molecular weight excluding hydrogens is 154 g/mol. The number of aryl methyl sites for hydroxylation is 1. The van der Waals surface area contributed by atoms with Crippen molar-refractivity contribution in [1.82, 2.24) is 5.16 Å². The van der Waals surface area contributed by atoms with Gasteiger partial charge in [-0.2, -0.15) is 0 Å². The summed E-state index contributed by atoms with van der Waals surface area (Å²) in [6, 6.07) is 1.82. The van der Waals surface area contributed by atoms with E-state index in [9.17, 15) is 0 Å². The first-order valence-electron chi connectivity index (χ1n) is 4.42. The average Bonchev–Trinajstić information content (AvgIpc) is 2.53. The van der Waals surface area contributed by atoms with Gasteiger partial charge in [0, 0.05) is 6.07 Å². The minimum absolute atomic E-state index is 0.0548. The Labute approximate surface area is 72.4 Å². The van der Waals surface area contributed by atoms with Gasteiger partial charge in [-0.15, -0.1) is 0 Å². The Hall–Kier alpha value is -0.830. The fourth-order valence-corrected chi connectivity index (χ4v) is 1.10. The van der Waals surface area contributed by atoms with Gasteiger partial charge in [0.1, 0.15) is 6.61 Å². The third-order valence-electron chi connectivity index (χ3n) is 1.80. The topological polar surface area (TPSA) is 46.3 Å². The van der Waals surface area contributed by atoms with E-state index in [4.69, 9.17) is 9.63 Å². The molecule has 12 heavy (non-hydrogen) atoms. The number of unbranched alkanes of at least 4 members (excludes halogenated alkanes) is 2. The fourth-order valence-electron chi connectivity index (χ4n) is 1.10. The SMILES string of the molecule is CCCCCc1cc(CO)on1. The lowest BCUT2D eigenvalue weighted by atomic mass is 10.1. The zero-order valence-electron chi connectivity index (χ0n) is 7.42. The first-order chi connectivity index (χ1) is 5.86. The Morgan fingerprint density at radius 3 is 2.92 bits per heavy atom. The lowest BCUT2D eigenvalue weighted by molar-refractivity contribution is 0.228. The molecule has 3 nitrogen and oxygen atoms in total. The van der Waals surface area contributed by atoms with Crippen LogP contribution in [0.15, 0.2) is 10.6 Å². The number of aliphatic hydroxyl groups excluding tert-OH is 1. The first-order valence-corrected chi connectivity index (χ1v) is 4.42. The van der Waals surface area contributed by atoms with Crippen LogP contribution in [0.4, 0.5) is 0 Å². The van der Waals surface area contributed by atoms with Gasteiger partial charge in [-0.3, -0.25) is 0 Å². The molecule has 3 heteroatoms. The molecule has 0 spiro atoms. The molecule has 0 aliphatic carbocycles. The summed E-state index contributed by atoms with van der Waals surface area (Å²) in [7, 11) is 0. The van der Waals surface area contributed by atoms with E-state index >= 15 is 0 Å². The van der Waals surface area contributed by atoms with Crippen molar-refractivity contribution in [3.63, 3.8) is 0 Å². The molecule has 68 valence electrons. The fraction of sp³-hybridized carbons (Fsp3) is 0.667. The second-order valence-electron chi connectivity index (χ2n) is 2.90. The van der Waals surface area contributed by atoms with Crippen molar-refractivity contribution in [3.8, 4) is 0 Å². The van der Waals surface area contributed by atoms with Crippen LogP contribution in [0.2, 0.25) is 0 Å². The number of aromatic nitrogens is 1. The first kappa shape index (κ1) is 9.26. The molecule has 0 unspecified atom stereocenters. The van der Waals surface area contributed by atoms with E-state index in [0.717, 1.165) is 18.5 Å². The van der Waals surface area contributed by atoms with Crippen molar-refractivity contribution in [2.75, 3.05) is 0 Å². The van der Waals surface area contributed by atoms with Crippen LogP contribution in [0.3, 0.4) is 0 Å². The van der Waals surface area contributed by atoms with Gasteiger partial charge in [0.05, 0.1) is 5.69 Å². The van der Waals surface area contributed by atoms with Crippen LogP contribution in [0.1, 0.15) is 37.6 Å². The molecule has 1 aromatic rings. The zero-order chi connectivity index (χ0) is 8.81. The van der Waals surface area contributed by atoms with Crippen molar-refractivity contribution in [2.45, 2.75) is 39.2 Å². The van der Waals surface area contributed by atoms with Crippen molar-refractivity contribution in [1.29, 1.82) is 0 Å². The molecule has 0 fully saturated rings. The Morgan fingerprint density at radius 2 is 2.33 bits per heavy atom. The number of rotatable bonds is 5. The molecule has 1 rings (SSSR count). The Balaban J connectivity index is 2.31. The van der Waals surface area contributed by atoms with Gasteiger partial charge < -0.3 is 9.63 Å². The van der Waals surface area contributed by atoms with E-state index in [1.807, 2.05) is 6.07 Å². The van der Waals surface area contributed by atoms with E-state index in [2.05, 4.69) is 12.1 Å². The maximum Gasteiger partial charge on any atom is 0.162 e. The highest BCUT2D eigenvalue weighted by molar-refractivity contribution is 5.04. The Kier molecular flexibility index (Phi) is 3.80. The third-order valence-corrected chi connectivity index (χ3v) is 1.80. The highest BCUT2D eigenvalue weighted by atomic mass is 16.5. The third kappa shape index (κ3) is 2.66. The van der Waals surface area contributed by atoms with Gasteiger partial charge in [0.15, 0.2) is 5.76 Å². The van der Waals surface area contributed by atoms with Crippen LogP contribution in [-0.2, 0) is 13.0 Å². The van der Waals surface area contributed by atoms with Crippen LogP contribution in [-0.4, -0.2) is 10.3 Å². The summed E-state index contributed by atoms with van der Waals surface area (Å²) in [5.41, 5.74) is 0.951. The summed E-state index contributed by atoms with van der Waals surface area (Å²) in [6.07, 6.45) is 4.54. The Morgan fingerprint density at radius 1 is 1.50 bits per heavy atom. The van der Waals surface area contributed by atoms with Gasteiger partial charge in [-0.05, 0) is 12.8 Å². The molecule has 1 heterocycles.